The van der Waals surface area contributed by atoms with Crippen LogP contribution < -0.4 is 5.84 Å². The molecule has 2 N–H and O–H groups in total. The van der Waals surface area contributed by atoms with Gasteiger partial charge in [-0.2, -0.15) is 0 Å². The van der Waals surface area contributed by atoms with Crippen molar-refractivity contribution in [2.24, 2.45) is 10.9 Å². The van der Waals surface area contributed by atoms with Crippen LogP contribution in [0.25, 0.3) is 0 Å². The summed E-state index contributed by atoms with van der Waals surface area (Å²) in [5.41, 5.74) is 0.996. The van der Waals surface area contributed by atoms with E-state index in [-0.39, 0.29) is 0 Å². The largest absolute Gasteiger partial charge is 0.475 e. The molecule has 0 unspecified atom stereocenters. The van der Waals surface area contributed by atoms with Crippen molar-refractivity contribution in [1.82, 2.24) is 0 Å². The predicted molar refractivity (Wildman–Crippen MR) is 53.5 cm³/mol. The van der Waals surface area contributed by atoms with Gasteiger partial charge < -0.3 is 10.6 Å². The van der Waals surface area contributed by atoms with Crippen LogP contribution in [0.5, 0.6) is 0 Å². The topological polar surface area (TPSA) is 47.6 Å². The number of halogens is 1. The Labute approximate surface area is 82.1 Å². The Morgan fingerprint density at radius 3 is 3.00 bits per heavy atom. The summed E-state index contributed by atoms with van der Waals surface area (Å²) in [6.07, 6.45) is 0. The summed E-state index contributed by atoms with van der Waals surface area (Å²) >= 11 is 5.78. The fourth-order valence-corrected chi connectivity index (χ4v) is 1.06. The van der Waals surface area contributed by atoms with Crippen molar-refractivity contribution in [3.05, 3.63) is 34.9 Å². The molecule has 0 atom stereocenters. The molecule has 0 aliphatic rings. The number of hydrazone groups is 1. The van der Waals surface area contributed by atoms with E-state index in [4.69, 9.17) is 22.2 Å². The zero-order chi connectivity index (χ0) is 9.68. The summed E-state index contributed by atoms with van der Waals surface area (Å²) in [7, 11) is 0. The molecule has 0 radical (unpaired) electrons. The van der Waals surface area contributed by atoms with Gasteiger partial charge in [-0.25, -0.2) is 0 Å². The van der Waals surface area contributed by atoms with E-state index in [1.54, 1.807) is 6.92 Å². The maximum absolute atomic E-state index is 5.78. The molecule has 0 aliphatic heterocycles. The van der Waals surface area contributed by atoms with Crippen molar-refractivity contribution >= 4 is 17.5 Å². The number of hydrogen-bond acceptors (Lipinski definition) is 3. The van der Waals surface area contributed by atoms with Crippen LogP contribution in [-0.2, 0) is 11.3 Å². The lowest BCUT2D eigenvalue weighted by atomic mass is 10.2. The molecule has 0 aliphatic carbocycles. The van der Waals surface area contributed by atoms with Gasteiger partial charge in [-0.05, 0) is 17.7 Å². The second kappa shape index (κ2) is 4.72. The number of ether oxygens (including phenoxy) is 1. The van der Waals surface area contributed by atoms with Crippen LogP contribution >= 0.6 is 11.6 Å². The maximum atomic E-state index is 5.78. The van der Waals surface area contributed by atoms with Crippen molar-refractivity contribution in [2.75, 3.05) is 0 Å². The van der Waals surface area contributed by atoms with E-state index in [0.717, 1.165) is 5.56 Å². The number of hydrogen-bond donors (Lipinski definition) is 1. The minimum absolute atomic E-state index is 0.438. The van der Waals surface area contributed by atoms with Gasteiger partial charge >= 0.3 is 0 Å². The molecule has 13 heavy (non-hydrogen) atoms. The Balaban J connectivity index is 2.55. The van der Waals surface area contributed by atoms with E-state index in [0.29, 0.717) is 17.5 Å². The van der Waals surface area contributed by atoms with E-state index in [9.17, 15) is 0 Å². The first-order valence-electron chi connectivity index (χ1n) is 3.84. The highest BCUT2D eigenvalue weighted by molar-refractivity contribution is 6.30. The summed E-state index contributed by atoms with van der Waals surface area (Å²) in [5.74, 6) is 5.46. The van der Waals surface area contributed by atoms with Crippen LogP contribution in [0.15, 0.2) is 29.4 Å². The fraction of sp³-hybridized carbons (Fsp3) is 0.222. The molecule has 0 spiro atoms. The van der Waals surface area contributed by atoms with Crippen LogP contribution in [0.4, 0.5) is 0 Å². The molecule has 0 amide bonds. The Bertz CT molecular complexity index is 312. The van der Waals surface area contributed by atoms with E-state index in [1.165, 1.54) is 0 Å². The number of nitrogens with two attached hydrogens (primary N) is 1. The van der Waals surface area contributed by atoms with Gasteiger partial charge in [-0.3, -0.25) is 0 Å². The number of rotatable bonds is 2. The van der Waals surface area contributed by atoms with Crippen LogP contribution in [-0.4, -0.2) is 5.90 Å². The molecule has 1 aromatic carbocycles. The molecule has 4 heteroatoms. The van der Waals surface area contributed by atoms with Crippen molar-refractivity contribution < 1.29 is 4.74 Å². The average Bonchev–Trinajstić information content (AvgIpc) is 2.14. The van der Waals surface area contributed by atoms with Crippen molar-refractivity contribution in [3.8, 4) is 0 Å². The molecule has 0 bridgehead atoms. The summed E-state index contributed by atoms with van der Waals surface area (Å²) in [6.45, 7) is 2.14. The smallest absolute Gasteiger partial charge is 0.202 e. The van der Waals surface area contributed by atoms with Gasteiger partial charge in [0.1, 0.15) is 6.61 Å². The van der Waals surface area contributed by atoms with Crippen LogP contribution in [0, 0.1) is 0 Å². The molecular weight excluding hydrogens is 188 g/mol. The van der Waals surface area contributed by atoms with Crippen molar-refractivity contribution in [3.63, 3.8) is 0 Å². The second-order valence-electron chi connectivity index (χ2n) is 2.57. The van der Waals surface area contributed by atoms with Gasteiger partial charge in [0.25, 0.3) is 0 Å². The summed E-state index contributed by atoms with van der Waals surface area (Å²) in [5, 5.41) is 4.09. The lowest BCUT2D eigenvalue weighted by Gasteiger charge is -2.04. The monoisotopic (exact) mass is 198 g/mol. The average molecular weight is 199 g/mol. The first-order chi connectivity index (χ1) is 6.22. The maximum Gasteiger partial charge on any atom is 0.202 e. The second-order valence-corrected chi connectivity index (χ2v) is 3.00. The van der Waals surface area contributed by atoms with Gasteiger partial charge in [-0.15, -0.1) is 5.10 Å². The molecule has 0 saturated heterocycles. The highest BCUT2D eigenvalue weighted by Gasteiger charge is 1.95. The highest BCUT2D eigenvalue weighted by atomic mass is 35.5. The van der Waals surface area contributed by atoms with Gasteiger partial charge in [0, 0.05) is 11.9 Å². The van der Waals surface area contributed by atoms with Crippen LogP contribution in [0.3, 0.4) is 0 Å². The first-order valence-corrected chi connectivity index (χ1v) is 4.22. The van der Waals surface area contributed by atoms with Crippen LogP contribution in [0.1, 0.15) is 12.5 Å². The fourth-order valence-electron chi connectivity index (χ4n) is 0.852. The third-order valence-corrected chi connectivity index (χ3v) is 1.75. The Morgan fingerprint density at radius 1 is 1.62 bits per heavy atom. The minimum atomic E-state index is 0.438. The first kappa shape index (κ1) is 9.86. The molecule has 0 fully saturated rings. The van der Waals surface area contributed by atoms with Crippen LogP contribution in [0.2, 0.25) is 5.02 Å². The lowest BCUT2D eigenvalue weighted by molar-refractivity contribution is 0.288. The molecule has 70 valence electrons. The van der Waals surface area contributed by atoms with E-state index in [2.05, 4.69) is 5.10 Å². The zero-order valence-corrected chi connectivity index (χ0v) is 8.08. The Kier molecular flexibility index (Phi) is 3.58. The van der Waals surface area contributed by atoms with Crippen molar-refractivity contribution in [2.45, 2.75) is 13.5 Å². The van der Waals surface area contributed by atoms with E-state index in [1.807, 2.05) is 24.3 Å². The summed E-state index contributed by atoms with van der Waals surface area (Å²) in [6, 6.07) is 7.45. The normalized spacial score (nSPS) is 11.4. The molecule has 3 nitrogen and oxygen atoms in total. The van der Waals surface area contributed by atoms with Crippen molar-refractivity contribution in [1.29, 1.82) is 0 Å². The molecule has 0 saturated carbocycles. The Morgan fingerprint density at radius 2 is 2.38 bits per heavy atom. The molecular formula is C9H11ClN2O. The van der Waals surface area contributed by atoms with Gasteiger partial charge in [-0.1, -0.05) is 23.7 Å². The van der Waals surface area contributed by atoms with Gasteiger partial charge in [0.15, 0.2) is 0 Å². The van der Waals surface area contributed by atoms with Gasteiger partial charge in [0.05, 0.1) is 0 Å². The SMILES string of the molecule is CC(=NN)OCc1cccc(Cl)c1. The molecule has 1 rings (SSSR count). The minimum Gasteiger partial charge on any atom is -0.475 e. The van der Waals surface area contributed by atoms with E-state index >= 15 is 0 Å². The Hall–Kier alpha value is -1.22. The molecule has 0 heterocycles. The lowest BCUT2D eigenvalue weighted by Crippen LogP contribution is -2.02. The number of benzene rings is 1. The summed E-state index contributed by atoms with van der Waals surface area (Å²) < 4.78 is 5.20. The number of nitrogens with zero attached hydrogens (tertiary/aromatic N) is 1. The van der Waals surface area contributed by atoms with Gasteiger partial charge in [0.2, 0.25) is 5.90 Å². The molecule has 0 aromatic heterocycles. The van der Waals surface area contributed by atoms with E-state index < -0.39 is 0 Å². The highest BCUT2D eigenvalue weighted by Crippen LogP contribution is 2.11. The molecule has 1 aromatic rings. The third-order valence-electron chi connectivity index (χ3n) is 1.52. The summed E-state index contributed by atoms with van der Waals surface area (Å²) in [4.78, 5) is 0. The third kappa shape index (κ3) is 3.34. The standard InChI is InChI=1S/C9H11ClN2O/c1-7(12-11)13-6-8-3-2-4-9(10)5-8/h2-5H,6,11H2,1H3. The quantitative estimate of drug-likeness (QED) is 0.343. The predicted octanol–water partition coefficient (Wildman–Crippen LogP) is 2.15. The zero-order valence-electron chi connectivity index (χ0n) is 7.33.